The van der Waals surface area contributed by atoms with Gasteiger partial charge in [-0.1, -0.05) is 6.42 Å². The quantitative estimate of drug-likeness (QED) is 0.649. The van der Waals surface area contributed by atoms with E-state index >= 15 is 0 Å². The number of ether oxygens (including phenoxy) is 1. The lowest BCUT2D eigenvalue weighted by Gasteiger charge is -2.41. The predicted octanol–water partition coefficient (Wildman–Crippen LogP) is 1.66. The molecule has 0 radical (unpaired) electrons. The summed E-state index contributed by atoms with van der Waals surface area (Å²) < 4.78 is 5.59. The Morgan fingerprint density at radius 1 is 1.25 bits per heavy atom. The number of nitrogens with two attached hydrogens (primary N) is 1. The second kappa shape index (κ2) is 5.99. The van der Waals surface area contributed by atoms with Crippen molar-refractivity contribution in [3.05, 3.63) is 0 Å². The zero-order chi connectivity index (χ0) is 11.3. The molecule has 0 bridgehead atoms. The van der Waals surface area contributed by atoms with Crippen LogP contribution < -0.4 is 11.1 Å². The van der Waals surface area contributed by atoms with Crippen LogP contribution in [0.1, 0.15) is 44.9 Å². The van der Waals surface area contributed by atoms with Gasteiger partial charge in [-0.2, -0.15) is 0 Å². The second-order valence-corrected chi connectivity index (χ2v) is 5.48. The zero-order valence-corrected chi connectivity index (χ0v) is 10.3. The van der Waals surface area contributed by atoms with Gasteiger partial charge in [0.25, 0.3) is 0 Å². The van der Waals surface area contributed by atoms with E-state index in [-0.39, 0.29) is 0 Å². The van der Waals surface area contributed by atoms with Crippen LogP contribution in [0.5, 0.6) is 0 Å². The molecular formula is C13H26N2O. The molecule has 3 N–H and O–H groups in total. The Hall–Kier alpha value is -0.120. The molecule has 0 aromatic carbocycles. The lowest BCUT2D eigenvalue weighted by molar-refractivity contribution is 0.102. The fourth-order valence-electron chi connectivity index (χ4n) is 2.85. The molecule has 0 spiro atoms. The van der Waals surface area contributed by atoms with Crippen molar-refractivity contribution in [2.45, 2.75) is 51.0 Å². The smallest absolute Gasteiger partial charge is 0.0588 e. The lowest BCUT2D eigenvalue weighted by Crippen LogP contribution is -2.39. The molecule has 1 saturated heterocycles. The van der Waals surface area contributed by atoms with Crippen molar-refractivity contribution in [3.63, 3.8) is 0 Å². The van der Waals surface area contributed by atoms with E-state index in [1.807, 2.05) is 0 Å². The molecule has 1 atom stereocenters. The number of nitrogens with one attached hydrogen (secondary N) is 1. The molecule has 3 nitrogen and oxygen atoms in total. The van der Waals surface area contributed by atoms with Crippen LogP contribution in [0.3, 0.4) is 0 Å². The molecule has 2 aliphatic rings. The molecule has 16 heavy (non-hydrogen) atoms. The topological polar surface area (TPSA) is 47.3 Å². The second-order valence-electron chi connectivity index (χ2n) is 5.48. The van der Waals surface area contributed by atoms with E-state index in [2.05, 4.69) is 5.32 Å². The highest BCUT2D eigenvalue weighted by molar-refractivity contribution is 4.88. The van der Waals surface area contributed by atoms with Gasteiger partial charge in [0.05, 0.1) is 6.10 Å². The first-order valence-electron chi connectivity index (χ1n) is 6.87. The molecule has 3 heteroatoms. The molecule has 1 heterocycles. The summed E-state index contributed by atoms with van der Waals surface area (Å²) in [5.74, 6) is 0. The number of hydrogen-bond acceptors (Lipinski definition) is 3. The van der Waals surface area contributed by atoms with Crippen molar-refractivity contribution in [1.29, 1.82) is 0 Å². The van der Waals surface area contributed by atoms with Gasteiger partial charge in [0, 0.05) is 6.61 Å². The van der Waals surface area contributed by atoms with Gasteiger partial charge >= 0.3 is 0 Å². The lowest BCUT2D eigenvalue weighted by atomic mass is 9.67. The normalized spacial score (nSPS) is 27.9. The Kier molecular flexibility index (Phi) is 4.62. The highest BCUT2D eigenvalue weighted by Gasteiger charge is 2.34. The van der Waals surface area contributed by atoms with Gasteiger partial charge in [-0.15, -0.1) is 0 Å². The van der Waals surface area contributed by atoms with E-state index in [0.717, 1.165) is 26.2 Å². The maximum atomic E-state index is 5.84. The summed E-state index contributed by atoms with van der Waals surface area (Å²) in [5, 5.41) is 3.53. The Morgan fingerprint density at radius 3 is 2.69 bits per heavy atom. The van der Waals surface area contributed by atoms with Crippen molar-refractivity contribution in [2.24, 2.45) is 11.1 Å². The van der Waals surface area contributed by atoms with Crippen LogP contribution in [0.4, 0.5) is 0 Å². The monoisotopic (exact) mass is 226 g/mol. The largest absolute Gasteiger partial charge is 0.378 e. The summed E-state index contributed by atoms with van der Waals surface area (Å²) in [4.78, 5) is 0. The van der Waals surface area contributed by atoms with Crippen LogP contribution in [0.15, 0.2) is 0 Å². The van der Waals surface area contributed by atoms with Gasteiger partial charge in [0.15, 0.2) is 0 Å². The van der Waals surface area contributed by atoms with Crippen LogP contribution >= 0.6 is 0 Å². The molecule has 1 aliphatic carbocycles. The van der Waals surface area contributed by atoms with Crippen molar-refractivity contribution in [2.75, 3.05) is 26.2 Å². The maximum Gasteiger partial charge on any atom is 0.0588 e. The first kappa shape index (κ1) is 12.3. The Balaban J connectivity index is 1.48. The highest BCUT2D eigenvalue weighted by atomic mass is 16.5. The number of hydrogen-bond donors (Lipinski definition) is 2. The SMILES string of the molecule is NCC1(CCNCCC2CCCO2)CCC1. The molecule has 94 valence electrons. The average molecular weight is 226 g/mol. The zero-order valence-electron chi connectivity index (χ0n) is 10.3. The summed E-state index contributed by atoms with van der Waals surface area (Å²) in [6.07, 6.45) is 9.54. The minimum absolute atomic E-state index is 0.497. The van der Waals surface area contributed by atoms with Crippen molar-refractivity contribution >= 4 is 0 Å². The summed E-state index contributed by atoms with van der Waals surface area (Å²) in [5.41, 5.74) is 6.33. The highest BCUT2D eigenvalue weighted by Crippen LogP contribution is 2.42. The molecule has 0 aromatic rings. The minimum atomic E-state index is 0.497. The van der Waals surface area contributed by atoms with E-state index in [1.54, 1.807) is 0 Å². The van der Waals surface area contributed by atoms with Gasteiger partial charge < -0.3 is 15.8 Å². The van der Waals surface area contributed by atoms with Crippen molar-refractivity contribution in [1.82, 2.24) is 5.32 Å². The predicted molar refractivity (Wildman–Crippen MR) is 66.4 cm³/mol. The fourth-order valence-corrected chi connectivity index (χ4v) is 2.85. The molecule has 1 aliphatic heterocycles. The molecular weight excluding hydrogens is 200 g/mol. The molecule has 2 rings (SSSR count). The van der Waals surface area contributed by atoms with Crippen LogP contribution in [0, 0.1) is 5.41 Å². The summed E-state index contributed by atoms with van der Waals surface area (Å²) in [6, 6.07) is 0. The van der Waals surface area contributed by atoms with Gasteiger partial charge in [-0.3, -0.25) is 0 Å². The van der Waals surface area contributed by atoms with Crippen molar-refractivity contribution in [3.8, 4) is 0 Å². The molecule has 1 unspecified atom stereocenters. The van der Waals surface area contributed by atoms with Gasteiger partial charge in [0.1, 0.15) is 0 Å². The maximum absolute atomic E-state index is 5.84. The van der Waals surface area contributed by atoms with E-state index in [1.165, 1.54) is 44.9 Å². The van der Waals surface area contributed by atoms with E-state index in [4.69, 9.17) is 10.5 Å². The standard InChI is InChI=1S/C13H26N2O/c14-11-13(5-2-6-13)7-9-15-8-4-12-3-1-10-16-12/h12,15H,1-11,14H2. The van der Waals surface area contributed by atoms with Gasteiger partial charge in [-0.25, -0.2) is 0 Å². The third-order valence-electron chi connectivity index (χ3n) is 4.35. The van der Waals surface area contributed by atoms with E-state index in [0.29, 0.717) is 11.5 Å². The Labute approximate surface area is 99.1 Å². The average Bonchev–Trinajstić information content (AvgIpc) is 2.74. The Morgan fingerprint density at radius 2 is 2.12 bits per heavy atom. The van der Waals surface area contributed by atoms with Gasteiger partial charge in [0.2, 0.25) is 0 Å². The van der Waals surface area contributed by atoms with E-state index < -0.39 is 0 Å². The minimum Gasteiger partial charge on any atom is -0.378 e. The summed E-state index contributed by atoms with van der Waals surface area (Å²) in [6.45, 7) is 4.08. The third-order valence-corrected chi connectivity index (χ3v) is 4.35. The van der Waals surface area contributed by atoms with Gasteiger partial charge in [-0.05, 0) is 63.6 Å². The molecule has 2 fully saturated rings. The van der Waals surface area contributed by atoms with E-state index in [9.17, 15) is 0 Å². The molecule has 0 aromatic heterocycles. The van der Waals surface area contributed by atoms with Crippen LogP contribution in [0.25, 0.3) is 0 Å². The fraction of sp³-hybridized carbons (Fsp3) is 1.00. The first-order valence-corrected chi connectivity index (χ1v) is 6.87. The number of rotatable bonds is 7. The first-order chi connectivity index (χ1) is 7.85. The summed E-state index contributed by atoms with van der Waals surface area (Å²) in [7, 11) is 0. The third kappa shape index (κ3) is 3.19. The van der Waals surface area contributed by atoms with Crippen LogP contribution in [-0.4, -0.2) is 32.3 Å². The molecule has 0 amide bonds. The summed E-state index contributed by atoms with van der Waals surface area (Å²) >= 11 is 0. The van der Waals surface area contributed by atoms with Crippen molar-refractivity contribution < 1.29 is 4.74 Å². The molecule has 1 saturated carbocycles. The Bertz CT molecular complexity index is 193. The van der Waals surface area contributed by atoms with Crippen LogP contribution in [0.2, 0.25) is 0 Å². The van der Waals surface area contributed by atoms with Crippen LogP contribution in [-0.2, 0) is 4.74 Å².